The van der Waals surface area contributed by atoms with Crippen molar-refractivity contribution in [1.82, 2.24) is 14.5 Å². The zero-order chi connectivity index (χ0) is 36.0. The molecule has 0 spiro atoms. The lowest BCUT2D eigenvalue weighted by atomic mass is 9.92. The number of nitrogens with zero attached hydrogens (tertiary/aromatic N) is 3. The summed E-state index contributed by atoms with van der Waals surface area (Å²) in [5.74, 6) is 0.699. The van der Waals surface area contributed by atoms with Crippen LogP contribution in [0.15, 0.2) is 188 Å². The van der Waals surface area contributed by atoms with E-state index in [9.17, 15) is 0 Å². The van der Waals surface area contributed by atoms with Crippen LogP contribution in [0.5, 0.6) is 0 Å². The van der Waals surface area contributed by atoms with E-state index < -0.39 is 0 Å². The number of benzene rings is 10. The number of aromatic nitrogens is 3. The molecule has 55 heavy (non-hydrogen) atoms. The second-order valence-electron chi connectivity index (χ2n) is 14.5. The molecule has 0 aliphatic rings. The molecule has 10 aromatic carbocycles. The number of rotatable bonds is 3. The van der Waals surface area contributed by atoms with Gasteiger partial charge >= 0.3 is 0 Å². The van der Waals surface area contributed by atoms with E-state index in [0.717, 1.165) is 44.4 Å². The monoisotopic (exact) mass is 697 g/mol. The summed E-state index contributed by atoms with van der Waals surface area (Å²) in [7, 11) is 0. The van der Waals surface area contributed by atoms with E-state index in [2.05, 4.69) is 193 Å². The summed E-state index contributed by atoms with van der Waals surface area (Å²) in [6.45, 7) is 0. The van der Waals surface area contributed by atoms with Gasteiger partial charge in [-0.1, -0.05) is 158 Å². The number of hydrogen-bond acceptors (Lipinski definition) is 2. The minimum absolute atomic E-state index is 0.699. The molecule has 0 unspecified atom stereocenters. The fourth-order valence-electron chi connectivity index (χ4n) is 9.13. The first-order valence-corrected chi connectivity index (χ1v) is 18.8. The van der Waals surface area contributed by atoms with Crippen LogP contribution >= 0.6 is 0 Å². The van der Waals surface area contributed by atoms with Gasteiger partial charge in [0, 0.05) is 22.2 Å². The van der Waals surface area contributed by atoms with Crippen LogP contribution < -0.4 is 0 Å². The van der Waals surface area contributed by atoms with E-state index in [4.69, 9.17) is 9.97 Å². The molecule has 0 saturated heterocycles. The van der Waals surface area contributed by atoms with Crippen LogP contribution in [0.25, 0.3) is 115 Å². The molecule has 0 fully saturated rings. The van der Waals surface area contributed by atoms with Crippen LogP contribution in [0.1, 0.15) is 0 Å². The van der Waals surface area contributed by atoms with Crippen molar-refractivity contribution in [2.24, 2.45) is 0 Å². The molecule has 0 bridgehead atoms. The molecule has 0 radical (unpaired) electrons. The average Bonchev–Trinajstić information content (AvgIpc) is 3.60. The Kier molecular flexibility index (Phi) is 6.34. The standard InChI is InChI=1S/C52H31N3/c1-2-14-34(15-3-1)55-48-25-13-12-24-45(48)49-50(32-26-28-43-39-20-6-4-16-35(39)37-18-8-10-22-41(37)46(43)30-32)53-51(54-52(49)55)33-27-29-44-40-21-7-5-17-36(40)38-19-9-11-23-42(38)47(44)31-33/h1-31H. The highest BCUT2D eigenvalue weighted by molar-refractivity contribution is 6.27. The van der Waals surface area contributed by atoms with Crippen LogP contribution in [-0.4, -0.2) is 14.5 Å². The second kappa shape index (κ2) is 11.6. The molecule has 12 rings (SSSR count). The summed E-state index contributed by atoms with van der Waals surface area (Å²) in [6, 6.07) is 67.8. The van der Waals surface area contributed by atoms with Crippen molar-refractivity contribution in [1.29, 1.82) is 0 Å². The van der Waals surface area contributed by atoms with Gasteiger partial charge in [-0.3, -0.25) is 4.57 Å². The van der Waals surface area contributed by atoms with E-state index in [0.29, 0.717) is 5.82 Å². The van der Waals surface area contributed by atoms with Gasteiger partial charge < -0.3 is 0 Å². The minimum atomic E-state index is 0.699. The Hall–Kier alpha value is -7.36. The summed E-state index contributed by atoms with van der Waals surface area (Å²) in [4.78, 5) is 11.1. The van der Waals surface area contributed by atoms with E-state index in [-0.39, 0.29) is 0 Å². The predicted molar refractivity (Wildman–Crippen MR) is 232 cm³/mol. The van der Waals surface area contributed by atoms with E-state index in [1.165, 1.54) is 64.6 Å². The minimum Gasteiger partial charge on any atom is -0.294 e. The Morgan fingerprint density at radius 2 is 0.709 bits per heavy atom. The normalized spacial score (nSPS) is 12.0. The molecule has 0 atom stereocenters. The molecular weight excluding hydrogens is 667 g/mol. The third kappa shape index (κ3) is 4.38. The van der Waals surface area contributed by atoms with Gasteiger partial charge in [-0.15, -0.1) is 0 Å². The van der Waals surface area contributed by atoms with Crippen LogP contribution in [0.3, 0.4) is 0 Å². The van der Waals surface area contributed by atoms with Crippen molar-refractivity contribution >= 4 is 86.6 Å². The summed E-state index contributed by atoms with van der Waals surface area (Å²) in [5.41, 5.74) is 6.03. The quantitative estimate of drug-likeness (QED) is 0.172. The van der Waals surface area contributed by atoms with E-state index in [1.54, 1.807) is 0 Å². The summed E-state index contributed by atoms with van der Waals surface area (Å²) in [6.07, 6.45) is 0. The summed E-state index contributed by atoms with van der Waals surface area (Å²) < 4.78 is 2.30. The van der Waals surface area contributed by atoms with Gasteiger partial charge in [0.15, 0.2) is 5.82 Å². The maximum absolute atomic E-state index is 5.57. The van der Waals surface area contributed by atoms with Gasteiger partial charge in [0.25, 0.3) is 0 Å². The first kappa shape index (κ1) is 30.1. The Morgan fingerprint density at radius 1 is 0.309 bits per heavy atom. The molecule has 0 amide bonds. The van der Waals surface area contributed by atoms with Gasteiger partial charge in [-0.25, -0.2) is 9.97 Å². The highest BCUT2D eigenvalue weighted by Gasteiger charge is 2.22. The van der Waals surface area contributed by atoms with Crippen molar-refractivity contribution in [3.8, 4) is 28.3 Å². The lowest BCUT2D eigenvalue weighted by Gasteiger charge is -2.14. The Labute approximate surface area is 316 Å². The van der Waals surface area contributed by atoms with Crippen molar-refractivity contribution in [2.75, 3.05) is 0 Å². The lowest BCUT2D eigenvalue weighted by Crippen LogP contribution is -1.99. The number of hydrogen-bond donors (Lipinski definition) is 0. The van der Waals surface area contributed by atoms with Gasteiger partial charge in [0.05, 0.1) is 16.6 Å². The third-order valence-electron chi connectivity index (χ3n) is 11.6. The molecule has 3 nitrogen and oxygen atoms in total. The number of para-hydroxylation sites is 2. The zero-order valence-electron chi connectivity index (χ0n) is 29.7. The van der Waals surface area contributed by atoms with Crippen LogP contribution in [0, 0.1) is 0 Å². The zero-order valence-corrected chi connectivity index (χ0v) is 29.7. The fraction of sp³-hybridized carbons (Fsp3) is 0. The third-order valence-corrected chi connectivity index (χ3v) is 11.6. The maximum atomic E-state index is 5.57. The van der Waals surface area contributed by atoms with E-state index in [1.807, 2.05) is 0 Å². The van der Waals surface area contributed by atoms with Gasteiger partial charge in [0.2, 0.25) is 0 Å². The molecule has 3 heteroatoms. The lowest BCUT2D eigenvalue weighted by molar-refractivity contribution is 1.11. The predicted octanol–water partition coefficient (Wildman–Crippen LogP) is 13.8. The van der Waals surface area contributed by atoms with Crippen LogP contribution in [0.4, 0.5) is 0 Å². The largest absolute Gasteiger partial charge is 0.294 e. The van der Waals surface area contributed by atoms with Gasteiger partial charge in [0.1, 0.15) is 5.65 Å². The second-order valence-corrected chi connectivity index (χ2v) is 14.5. The first-order chi connectivity index (χ1) is 27.3. The molecule has 2 heterocycles. The SMILES string of the molecule is c1ccc(-n2c3ccccc3c3c(-c4ccc5c6ccccc6c6ccccc6c5c4)nc(-c4ccc5c6ccccc6c6ccccc6c5c4)nc32)cc1. The average molecular weight is 698 g/mol. The Morgan fingerprint density at radius 3 is 1.24 bits per heavy atom. The Balaban J connectivity index is 1.21. The maximum Gasteiger partial charge on any atom is 0.162 e. The summed E-state index contributed by atoms with van der Waals surface area (Å²) >= 11 is 0. The highest BCUT2D eigenvalue weighted by atomic mass is 15.1. The molecule has 12 aromatic rings. The number of fused-ring (bicyclic) bond motifs is 15. The molecule has 0 aliphatic heterocycles. The van der Waals surface area contributed by atoms with Crippen molar-refractivity contribution in [3.63, 3.8) is 0 Å². The molecular formula is C52H31N3. The summed E-state index contributed by atoms with van der Waals surface area (Å²) in [5, 5.41) is 17.1. The highest BCUT2D eigenvalue weighted by Crippen LogP contribution is 2.42. The van der Waals surface area contributed by atoms with Crippen LogP contribution in [0.2, 0.25) is 0 Å². The fourth-order valence-corrected chi connectivity index (χ4v) is 9.13. The van der Waals surface area contributed by atoms with Crippen molar-refractivity contribution in [3.05, 3.63) is 188 Å². The van der Waals surface area contributed by atoms with Crippen molar-refractivity contribution in [2.45, 2.75) is 0 Å². The van der Waals surface area contributed by atoms with Gasteiger partial charge in [-0.2, -0.15) is 0 Å². The smallest absolute Gasteiger partial charge is 0.162 e. The topological polar surface area (TPSA) is 30.7 Å². The van der Waals surface area contributed by atoms with Gasteiger partial charge in [-0.05, 0) is 95.0 Å². The first-order valence-electron chi connectivity index (χ1n) is 18.8. The molecule has 0 N–H and O–H groups in total. The van der Waals surface area contributed by atoms with E-state index >= 15 is 0 Å². The molecule has 254 valence electrons. The van der Waals surface area contributed by atoms with Crippen molar-refractivity contribution < 1.29 is 0 Å². The molecule has 0 saturated carbocycles. The molecule has 0 aliphatic carbocycles. The molecule has 2 aromatic heterocycles. The van der Waals surface area contributed by atoms with Crippen LogP contribution in [-0.2, 0) is 0 Å². The Bertz CT molecular complexity index is 3470.